The second-order valence-corrected chi connectivity index (χ2v) is 4.67. The Morgan fingerprint density at radius 2 is 1.90 bits per heavy atom. The number of amides is 1. The lowest BCUT2D eigenvalue weighted by Crippen LogP contribution is -2.46. The van der Waals surface area contributed by atoms with Crippen molar-refractivity contribution in [3.63, 3.8) is 0 Å². The summed E-state index contributed by atoms with van der Waals surface area (Å²) in [6.45, 7) is 4.89. The first-order valence-electron chi connectivity index (χ1n) is 6.55. The molecule has 0 aromatic carbocycles. The van der Waals surface area contributed by atoms with Gasteiger partial charge in [0, 0.05) is 13.5 Å². The predicted octanol–water partition coefficient (Wildman–Crippen LogP) is 0.108. The molecule has 0 saturated carbocycles. The number of nitrogens with one attached hydrogen (secondary N) is 1. The summed E-state index contributed by atoms with van der Waals surface area (Å²) in [5.41, 5.74) is 8.25. The Kier molecular flexibility index (Phi) is 8.84. The van der Waals surface area contributed by atoms with Gasteiger partial charge in [-0.2, -0.15) is 4.79 Å². The van der Waals surface area contributed by atoms with Crippen molar-refractivity contribution in [2.24, 2.45) is 0 Å². The Balaban J connectivity index is 4.75. The number of ketones is 1. The van der Waals surface area contributed by atoms with E-state index in [9.17, 15) is 14.4 Å². The highest BCUT2D eigenvalue weighted by atomic mass is 16.5. The molecule has 0 fully saturated rings. The molecular formula is C13H21N3O5. The molecule has 0 radical (unpaired) electrons. The highest BCUT2D eigenvalue weighted by Gasteiger charge is 2.26. The van der Waals surface area contributed by atoms with Crippen molar-refractivity contribution in [3.05, 3.63) is 5.53 Å². The molecule has 21 heavy (non-hydrogen) atoms. The predicted molar refractivity (Wildman–Crippen MR) is 73.6 cm³/mol. The van der Waals surface area contributed by atoms with Gasteiger partial charge in [-0.15, -0.1) is 0 Å². The van der Waals surface area contributed by atoms with E-state index in [4.69, 9.17) is 15.0 Å². The summed E-state index contributed by atoms with van der Waals surface area (Å²) in [5.74, 6) is -1.57. The average Bonchev–Trinajstić information content (AvgIpc) is 2.41. The van der Waals surface area contributed by atoms with E-state index in [1.807, 2.05) is 0 Å². The minimum absolute atomic E-state index is 0.0403. The molecule has 0 unspecified atom stereocenters. The van der Waals surface area contributed by atoms with Gasteiger partial charge in [-0.25, -0.2) is 4.79 Å². The minimum Gasteiger partial charge on any atom is -0.461 e. The second kappa shape index (κ2) is 9.79. The van der Waals surface area contributed by atoms with Crippen LogP contribution in [0, 0.1) is 0 Å². The highest BCUT2D eigenvalue weighted by Crippen LogP contribution is 2.04. The van der Waals surface area contributed by atoms with Crippen LogP contribution >= 0.6 is 0 Å². The fraction of sp³-hybridized carbons (Fsp3) is 0.692. The molecule has 0 aliphatic heterocycles. The largest absolute Gasteiger partial charge is 0.461 e. The molecule has 1 N–H and O–H groups in total. The maximum Gasteiger partial charge on any atom is 0.328 e. The Labute approximate surface area is 123 Å². The number of hydrogen-bond donors (Lipinski definition) is 1. The fourth-order valence-electron chi connectivity index (χ4n) is 1.38. The molecule has 8 heteroatoms. The summed E-state index contributed by atoms with van der Waals surface area (Å²) < 4.78 is 9.88. The number of Topliss-reactive ketones (excluding diaryl/α,β-unsaturated/α-hetero) is 1. The third-order valence-electron chi connectivity index (χ3n) is 2.56. The van der Waals surface area contributed by atoms with Crippen LogP contribution in [-0.2, 0) is 23.9 Å². The van der Waals surface area contributed by atoms with E-state index in [2.05, 4.69) is 10.1 Å². The quantitative estimate of drug-likeness (QED) is 0.280. The number of hydrogen-bond acceptors (Lipinski definition) is 5. The van der Waals surface area contributed by atoms with Gasteiger partial charge in [0.15, 0.2) is 0 Å². The van der Waals surface area contributed by atoms with E-state index in [0.29, 0.717) is 0 Å². The van der Waals surface area contributed by atoms with Crippen LogP contribution in [0.1, 0.15) is 33.6 Å². The van der Waals surface area contributed by atoms with Crippen LogP contribution < -0.4 is 5.32 Å². The zero-order chi connectivity index (χ0) is 16.4. The van der Waals surface area contributed by atoms with E-state index in [1.165, 1.54) is 14.0 Å². The zero-order valence-electron chi connectivity index (χ0n) is 12.7. The summed E-state index contributed by atoms with van der Waals surface area (Å²) in [5, 5.41) is 2.47. The van der Waals surface area contributed by atoms with Gasteiger partial charge in [-0.3, -0.25) is 9.59 Å². The lowest BCUT2D eigenvalue weighted by Gasteiger charge is -2.20. The Bertz CT molecular complexity index is 430. The number of ether oxygens (including phenoxy) is 2. The number of carbonyl (C=O) groups is 3. The van der Waals surface area contributed by atoms with Crippen LogP contribution in [0.5, 0.6) is 0 Å². The molecule has 118 valence electrons. The molecule has 0 rings (SSSR count). The molecule has 8 nitrogen and oxygen atoms in total. The Hall–Kier alpha value is -2.05. The van der Waals surface area contributed by atoms with Gasteiger partial charge in [0.1, 0.15) is 12.1 Å². The normalized spacial score (nSPS) is 13.0. The fourth-order valence-corrected chi connectivity index (χ4v) is 1.38. The summed E-state index contributed by atoms with van der Waals surface area (Å²) in [7, 11) is 1.37. The first-order chi connectivity index (χ1) is 9.81. The van der Waals surface area contributed by atoms with Gasteiger partial charge in [-0.1, -0.05) is 0 Å². The molecule has 0 saturated heterocycles. The van der Waals surface area contributed by atoms with Crippen LogP contribution in [0.2, 0.25) is 0 Å². The SMILES string of the molecule is CO[C@@H](C)C(=O)N[C@@H](CCC(=O)C=[N+]=[N-])C(=O)OC(C)C. The third kappa shape index (κ3) is 7.96. The van der Waals surface area contributed by atoms with Crippen molar-refractivity contribution in [1.82, 2.24) is 5.32 Å². The monoisotopic (exact) mass is 299 g/mol. The number of esters is 1. The topological polar surface area (TPSA) is 118 Å². The van der Waals surface area contributed by atoms with Gasteiger partial charge >= 0.3 is 12.2 Å². The van der Waals surface area contributed by atoms with Crippen LogP contribution in [0.3, 0.4) is 0 Å². The van der Waals surface area contributed by atoms with Crippen molar-refractivity contribution >= 4 is 23.9 Å². The first kappa shape index (κ1) is 18.9. The molecule has 0 bridgehead atoms. The standard InChI is InChI=1S/C13H21N3O5/c1-8(2)21-13(19)11(6-5-10(17)7-15-14)16-12(18)9(3)20-4/h7-9,11H,5-6H2,1-4H3,(H,16,18)/t9-,11-/m0/s1. The van der Waals surface area contributed by atoms with Crippen molar-refractivity contribution in [2.45, 2.75) is 51.9 Å². The number of rotatable bonds is 9. The Morgan fingerprint density at radius 3 is 2.38 bits per heavy atom. The lowest BCUT2D eigenvalue weighted by molar-refractivity contribution is -0.152. The first-order valence-corrected chi connectivity index (χ1v) is 6.55. The van der Waals surface area contributed by atoms with Crippen molar-refractivity contribution in [3.8, 4) is 0 Å². The van der Waals surface area contributed by atoms with Gasteiger partial charge < -0.3 is 20.3 Å². The molecular weight excluding hydrogens is 278 g/mol. The molecule has 0 spiro atoms. The third-order valence-corrected chi connectivity index (χ3v) is 2.56. The number of carbonyl (C=O) groups excluding carboxylic acids is 3. The molecule has 1 amide bonds. The lowest BCUT2D eigenvalue weighted by atomic mass is 10.1. The van der Waals surface area contributed by atoms with Gasteiger partial charge in [-0.05, 0) is 27.2 Å². The van der Waals surface area contributed by atoms with Crippen LogP contribution in [0.15, 0.2) is 0 Å². The van der Waals surface area contributed by atoms with Gasteiger partial charge in [0.05, 0.1) is 6.10 Å². The summed E-state index contributed by atoms with van der Waals surface area (Å²) in [4.78, 5) is 37.5. The summed E-state index contributed by atoms with van der Waals surface area (Å²) >= 11 is 0. The van der Waals surface area contributed by atoms with Crippen molar-refractivity contribution in [1.29, 1.82) is 0 Å². The van der Waals surface area contributed by atoms with Crippen LogP contribution in [-0.4, -0.2) is 54.0 Å². The molecule has 2 atom stereocenters. The maximum absolute atomic E-state index is 11.9. The van der Waals surface area contributed by atoms with E-state index in [1.54, 1.807) is 13.8 Å². The Morgan fingerprint density at radius 1 is 1.29 bits per heavy atom. The molecule has 0 heterocycles. The van der Waals surface area contributed by atoms with Crippen molar-refractivity contribution < 1.29 is 28.6 Å². The molecule has 0 aliphatic rings. The number of nitrogens with zero attached hydrogens (tertiary/aromatic N) is 2. The summed E-state index contributed by atoms with van der Waals surface area (Å²) in [6.07, 6.45) is -0.354. The van der Waals surface area contributed by atoms with Crippen molar-refractivity contribution in [2.75, 3.05) is 7.11 Å². The van der Waals surface area contributed by atoms with E-state index >= 15 is 0 Å². The maximum atomic E-state index is 11.9. The van der Waals surface area contributed by atoms with Gasteiger partial charge in [0.2, 0.25) is 11.7 Å². The van der Waals surface area contributed by atoms with Crippen LogP contribution in [0.25, 0.3) is 5.53 Å². The average molecular weight is 299 g/mol. The minimum atomic E-state index is -0.964. The number of methoxy groups -OCH3 is 1. The van der Waals surface area contributed by atoms with E-state index < -0.39 is 29.8 Å². The second-order valence-electron chi connectivity index (χ2n) is 4.67. The van der Waals surface area contributed by atoms with Crippen LogP contribution in [0.4, 0.5) is 0 Å². The highest BCUT2D eigenvalue weighted by molar-refractivity contribution is 6.25. The molecule has 0 aliphatic carbocycles. The summed E-state index contributed by atoms with van der Waals surface area (Å²) in [6, 6.07) is -0.964. The van der Waals surface area contributed by atoms with E-state index in [-0.39, 0.29) is 18.9 Å². The van der Waals surface area contributed by atoms with E-state index in [0.717, 1.165) is 6.21 Å². The molecule has 0 aromatic heterocycles. The zero-order valence-corrected chi connectivity index (χ0v) is 12.7. The smallest absolute Gasteiger partial charge is 0.328 e. The van der Waals surface area contributed by atoms with Gasteiger partial charge in [0.25, 0.3) is 0 Å². The molecule has 0 aromatic rings.